The predicted molar refractivity (Wildman–Crippen MR) is 75.9 cm³/mol. The van der Waals surface area contributed by atoms with Crippen molar-refractivity contribution in [2.24, 2.45) is 7.05 Å². The molecule has 0 aromatic carbocycles. The third-order valence-electron chi connectivity index (χ3n) is 3.65. The Morgan fingerprint density at radius 1 is 1.41 bits per heavy atom. The second-order valence-corrected chi connectivity index (χ2v) is 8.07. The molecule has 1 spiro atoms. The Hall–Kier alpha value is 0.160. The van der Waals surface area contributed by atoms with Gasteiger partial charge in [0.2, 0.25) is 0 Å². The van der Waals surface area contributed by atoms with Crippen LogP contribution in [0.1, 0.15) is 17.9 Å². The van der Waals surface area contributed by atoms with E-state index in [0.29, 0.717) is 10.1 Å². The summed E-state index contributed by atoms with van der Waals surface area (Å²) in [7, 11) is 4.13. The van der Waals surface area contributed by atoms with Gasteiger partial charge in [-0.15, -0.1) is 23.5 Å². The van der Waals surface area contributed by atoms with Crippen LogP contribution in [-0.4, -0.2) is 44.0 Å². The molecule has 2 aliphatic rings. The van der Waals surface area contributed by atoms with Crippen molar-refractivity contribution in [3.8, 4) is 0 Å². The molecule has 6 heteroatoms. The zero-order valence-electron chi connectivity index (χ0n) is 10.0. The van der Waals surface area contributed by atoms with Gasteiger partial charge in [0.15, 0.2) is 0 Å². The lowest BCUT2D eigenvalue weighted by atomic mass is 10.0. The Bertz CT molecular complexity index is 428. The first-order chi connectivity index (χ1) is 8.12. The van der Waals surface area contributed by atoms with Crippen LogP contribution in [0.4, 0.5) is 0 Å². The Morgan fingerprint density at radius 2 is 2.12 bits per heavy atom. The van der Waals surface area contributed by atoms with E-state index in [1.807, 2.05) is 13.2 Å². The number of nitrogens with zero attached hydrogens (tertiary/aromatic N) is 3. The minimum atomic E-state index is 0.295. The largest absolute Gasteiger partial charge is 0.283 e. The Morgan fingerprint density at radius 3 is 2.71 bits per heavy atom. The van der Waals surface area contributed by atoms with Crippen LogP contribution >= 0.6 is 35.1 Å². The van der Waals surface area contributed by atoms with Crippen LogP contribution < -0.4 is 0 Å². The van der Waals surface area contributed by atoms with Gasteiger partial charge in [-0.2, -0.15) is 5.10 Å². The summed E-state index contributed by atoms with van der Waals surface area (Å²) in [5, 5.41) is 5.05. The van der Waals surface area contributed by atoms with Crippen LogP contribution in [0.25, 0.3) is 0 Å². The summed E-state index contributed by atoms with van der Waals surface area (Å²) in [6.07, 6.45) is 3.12. The molecule has 0 saturated carbocycles. The number of hydrogen-bond acceptors (Lipinski definition) is 4. The third kappa shape index (κ3) is 1.91. The monoisotopic (exact) mass is 289 g/mol. The molecule has 1 aromatic heterocycles. The first-order valence-electron chi connectivity index (χ1n) is 5.79. The molecule has 2 aliphatic heterocycles. The van der Waals surface area contributed by atoms with Crippen LogP contribution in [0, 0.1) is 0 Å². The number of thioether (sulfide) groups is 2. The van der Waals surface area contributed by atoms with Crippen LogP contribution in [0.3, 0.4) is 0 Å². The number of aryl methyl sites for hydroxylation is 1. The molecular weight excluding hydrogens is 274 g/mol. The van der Waals surface area contributed by atoms with Crippen LogP contribution in [0.5, 0.6) is 0 Å². The standard InChI is InChI=1S/C11H16ClN3S2/c1-14-7-8(5-11(14)16-3-4-17-11)9-6-13-15(2)10(9)12/h6,8H,3-5,7H2,1-2H3. The van der Waals surface area contributed by atoms with Crippen molar-refractivity contribution in [2.75, 3.05) is 25.1 Å². The fourth-order valence-corrected chi connectivity index (χ4v) is 6.32. The van der Waals surface area contributed by atoms with E-state index in [1.54, 1.807) is 4.68 Å². The molecule has 17 heavy (non-hydrogen) atoms. The van der Waals surface area contributed by atoms with Gasteiger partial charge >= 0.3 is 0 Å². The molecule has 0 radical (unpaired) electrons. The summed E-state index contributed by atoms with van der Waals surface area (Å²) < 4.78 is 2.06. The summed E-state index contributed by atoms with van der Waals surface area (Å²) >= 11 is 10.5. The minimum absolute atomic E-state index is 0.295. The average Bonchev–Trinajstić information content (AvgIpc) is 2.96. The number of likely N-dealkylation sites (N-methyl/N-ethyl adjacent to an activating group) is 1. The first-order valence-corrected chi connectivity index (χ1v) is 8.14. The van der Waals surface area contributed by atoms with Crippen LogP contribution in [0.2, 0.25) is 5.15 Å². The molecule has 94 valence electrons. The van der Waals surface area contributed by atoms with Crippen molar-refractivity contribution in [3.05, 3.63) is 16.9 Å². The highest BCUT2D eigenvalue weighted by atomic mass is 35.5. The molecule has 2 fully saturated rings. The molecule has 0 N–H and O–H groups in total. The summed E-state index contributed by atoms with van der Waals surface area (Å²) in [6, 6.07) is 0. The molecule has 3 rings (SSSR count). The Balaban J connectivity index is 1.86. The zero-order valence-corrected chi connectivity index (χ0v) is 12.4. The third-order valence-corrected chi connectivity index (χ3v) is 7.75. The first kappa shape index (κ1) is 12.2. The van der Waals surface area contributed by atoms with Gasteiger partial charge in [-0.25, -0.2) is 0 Å². The van der Waals surface area contributed by atoms with E-state index in [-0.39, 0.29) is 0 Å². The van der Waals surface area contributed by atoms with Crippen molar-refractivity contribution >= 4 is 35.1 Å². The lowest BCUT2D eigenvalue weighted by Gasteiger charge is -2.29. The van der Waals surface area contributed by atoms with Gasteiger partial charge in [0.05, 0.1) is 6.20 Å². The second-order valence-electron chi connectivity index (χ2n) is 4.71. The van der Waals surface area contributed by atoms with E-state index < -0.39 is 0 Å². The summed E-state index contributed by atoms with van der Waals surface area (Å²) in [5.41, 5.74) is 1.21. The lowest BCUT2D eigenvalue weighted by Crippen LogP contribution is -2.32. The quantitative estimate of drug-likeness (QED) is 0.792. The zero-order chi connectivity index (χ0) is 12.0. The molecule has 0 bridgehead atoms. The van der Waals surface area contributed by atoms with Gasteiger partial charge in [0.1, 0.15) is 9.36 Å². The van der Waals surface area contributed by atoms with Gasteiger partial charge in [-0.05, 0) is 13.5 Å². The van der Waals surface area contributed by atoms with Gasteiger partial charge < -0.3 is 0 Å². The number of rotatable bonds is 1. The molecule has 3 heterocycles. The Labute approximate surface area is 115 Å². The Kier molecular flexibility index (Phi) is 3.14. The van der Waals surface area contributed by atoms with Crippen molar-refractivity contribution in [1.82, 2.24) is 14.7 Å². The van der Waals surface area contributed by atoms with Gasteiger partial charge in [0, 0.05) is 36.6 Å². The van der Waals surface area contributed by atoms with E-state index in [9.17, 15) is 0 Å². The SMILES string of the molecule is CN1CC(c2cnn(C)c2Cl)CC12SCCS2. The number of likely N-dealkylation sites (tertiary alicyclic amines) is 1. The summed E-state index contributed by atoms with van der Waals surface area (Å²) in [4.78, 5) is 2.49. The highest BCUT2D eigenvalue weighted by molar-refractivity contribution is 8.21. The minimum Gasteiger partial charge on any atom is -0.283 e. The maximum Gasteiger partial charge on any atom is 0.130 e. The number of halogens is 1. The normalized spacial score (nSPS) is 28.3. The van der Waals surface area contributed by atoms with Crippen molar-refractivity contribution in [1.29, 1.82) is 0 Å². The van der Waals surface area contributed by atoms with Crippen LogP contribution in [-0.2, 0) is 7.05 Å². The molecule has 3 nitrogen and oxygen atoms in total. The fourth-order valence-electron chi connectivity index (χ4n) is 2.71. The van der Waals surface area contributed by atoms with E-state index in [2.05, 4.69) is 40.6 Å². The van der Waals surface area contributed by atoms with Gasteiger partial charge in [0.25, 0.3) is 0 Å². The molecule has 0 amide bonds. The topological polar surface area (TPSA) is 21.1 Å². The van der Waals surface area contributed by atoms with E-state index in [0.717, 1.165) is 11.7 Å². The maximum atomic E-state index is 6.30. The average molecular weight is 290 g/mol. The van der Waals surface area contributed by atoms with Gasteiger partial charge in [-0.3, -0.25) is 9.58 Å². The van der Waals surface area contributed by atoms with Crippen molar-refractivity contribution in [2.45, 2.75) is 16.5 Å². The highest BCUT2D eigenvalue weighted by Crippen LogP contribution is 2.55. The molecule has 1 unspecified atom stereocenters. The summed E-state index contributed by atoms with van der Waals surface area (Å²) in [6.45, 7) is 1.09. The smallest absolute Gasteiger partial charge is 0.130 e. The predicted octanol–water partition coefficient (Wildman–Crippen LogP) is 2.63. The molecule has 0 aliphatic carbocycles. The molecular formula is C11H16ClN3S2. The number of aromatic nitrogens is 2. The number of hydrogen-bond donors (Lipinski definition) is 0. The van der Waals surface area contributed by atoms with E-state index in [4.69, 9.17) is 11.6 Å². The van der Waals surface area contributed by atoms with E-state index >= 15 is 0 Å². The summed E-state index contributed by atoms with van der Waals surface area (Å²) in [5.74, 6) is 3.06. The van der Waals surface area contributed by atoms with Crippen molar-refractivity contribution < 1.29 is 0 Å². The van der Waals surface area contributed by atoms with Crippen molar-refractivity contribution in [3.63, 3.8) is 0 Å². The van der Waals surface area contributed by atoms with Gasteiger partial charge in [-0.1, -0.05) is 11.6 Å². The van der Waals surface area contributed by atoms with E-state index in [1.165, 1.54) is 23.5 Å². The molecule has 2 saturated heterocycles. The second kappa shape index (κ2) is 4.37. The molecule has 1 atom stereocenters. The fraction of sp³-hybridized carbons (Fsp3) is 0.727. The maximum absolute atomic E-state index is 6.30. The lowest BCUT2D eigenvalue weighted by molar-refractivity contribution is 0.363. The molecule has 1 aromatic rings. The highest BCUT2D eigenvalue weighted by Gasteiger charge is 2.48. The van der Waals surface area contributed by atoms with Crippen LogP contribution in [0.15, 0.2) is 6.20 Å².